The monoisotopic (exact) mass is 566 g/mol. The number of sulfone groups is 1. The molecule has 2 N–H and O–H groups in total. The molecule has 0 unspecified atom stereocenters. The minimum atomic E-state index is -3.38. The third-order valence-electron chi connectivity index (χ3n) is 6.88. The van der Waals surface area contributed by atoms with Crippen molar-refractivity contribution in [1.82, 2.24) is 5.32 Å². The number of carbonyl (C=O) groups excluding carboxylic acids is 2. The van der Waals surface area contributed by atoms with Crippen molar-refractivity contribution in [2.75, 3.05) is 11.6 Å². The molecule has 0 radical (unpaired) electrons. The molecule has 0 aliphatic heterocycles. The van der Waals surface area contributed by atoms with Crippen LogP contribution in [0.2, 0.25) is 5.02 Å². The maximum Gasteiger partial charge on any atom is 0.261 e. The highest BCUT2D eigenvalue weighted by atomic mass is 35.5. The fourth-order valence-corrected chi connectivity index (χ4v) is 7.12. The Balaban J connectivity index is 1.28. The van der Waals surface area contributed by atoms with Crippen molar-refractivity contribution in [3.8, 4) is 11.1 Å². The SMILES string of the molecule is CS(=O)(=O)c1ccccc1-c1ccc(NC(=O)[C@H]2CCCC[C@H]2NC(=O)c2cc3ccc(Cl)cc3s2)cc1. The summed E-state index contributed by atoms with van der Waals surface area (Å²) in [5, 5.41) is 7.68. The van der Waals surface area contributed by atoms with Gasteiger partial charge in [-0.3, -0.25) is 9.59 Å². The number of anilines is 1. The lowest BCUT2D eigenvalue weighted by molar-refractivity contribution is -0.121. The third-order valence-corrected chi connectivity index (χ3v) is 9.36. The molecule has 1 aliphatic carbocycles. The molecule has 1 aliphatic rings. The van der Waals surface area contributed by atoms with Crippen LogP contribution in [-0.4, -0.2) is 32.5 Å². The lowest BCUT2D eigenvalue weighted by Gasteiger charge is -2.31. The van der Waals surface area contributed by atoms with Gasteiger partial charge < -0.3 is 10.6 Å². The quantitative estimate of drug-likeness (QED) is 0.277. The highest BCUT2D eigenvalue weighted by Crippen LogP contribution is 2.31. The highest BCUT2D eigenvalue weighted by molar-refractivity contribution is 7.90. The number of amides is 2. The summed E-state index contributed by atoms with van der Waals surface area (Å²) in [4.78, 5) is 27.2. The Morgan fingerprint density at radius 3 is 2.45 bits per heavy atom. The second kappa shape index (κ2) is 10.9. The molecule has 1 heterocycles. The summed E-state index contributed by atoms with van der Waals surface area (Å²) in [5.41, 5.74) is 1.98. The number of rotatable bonds is 6. The van der Waals surface area contributed by atoms with E-state index < -0.39 is 9.84 Å². The summed E-state index contributed by atoms with van der Waals surface area (Å²) >= 11 is 7.47. The number of nitrogens with one attached hydrogen (secondary N) is 2. The number of fused-ring (bicyclic) bond motifs is 1. The summed E-state index contributed by atoms with van der Waals surface area (Å²) in [5.74, 6) is -0.662. The zero-order valence-corrected chi connectivity index (χ0v) is 23.1. The van der Waals surface area contributed by atoms with Crippen molar-refractivity contribution in [3.63, 3.8) is 0 Å². The lowest BCUT2D eigenvalue weighted by atomic mass is 9.83. The van der Waals surface area contributed by atoms with Crippen LogP contribution in [0.4, 0.5) is 5.69 Å². The van der Waals surface area contributed by atoms with Gasteiger partial charge in [0.25, 0.3) is 5.91 Å². The molecule has 0 spiro atoms. The van der Waals surface area contributed by atoms with Crippen LogP contribution in [0, 0.1) is 5.92 Å². The molecule has 38 heavy (non-hydrogen) atoms. The first-order chi connectivity index (χ1) is 18.2. The van der Waals surface area contributed by atoms with Gasteiger partial charge in [-0.05, 0) is 60.2 Å². The van der Waals surface area contributed by atoms with E-state index in [4.69, 9.17) is 11.6 Å². The fourth-order valence-electron chi connectivity index (χ4n) is 4.97. The first kappa shape index (κ1) is 26.4. The Hall–Kier alpha value is -3.20. The standard InChI is InChI=1S/C29H27ClN2O4S2/c1-38(35,36)27-9-5-3-6-22(27)18-11-14-21(15-12-18)31-28(33)23-7-2-4-8-24(23)32-29(34)26-16-19-10-13-20(30)17-25(19)37-26/h3,5-6,9-17,23-24H,2,4,7-8H2,1H3,(H,31,33)(H,32,34)/t23-,24+/m0/s1. The summed E-state index contributed by atoms with van der Waals surface area (Å²) < 4.78 is 25.3. The molecule has 3 aromatic carbocycles. The molecular formula is C29H27ClN2O4S2. The van der Waals surface area contributed by atoms with Gasteiger partial charge in [0, 0.05) is 33.3 Å². The van der Waals surface area contributed by atoms with Crippen molar-refractivity contribution in [3.05, 3.63) is 82.7 Å². The predicted octanol–water partition coefficient (Wildman–Crippen LogP) is 6.55. The van der Waals surface area contributed by atoms with Crippen LogP contribution in [-0.2, 0) is 14.6 Å². The van der Waals surface area contributed by atoms with E-state index in [1.165, 1.54) is 17.6 Å². The molecule has 4 aromatic rings. The average molecular weight is 567 g/mol. The predicted molar refractivity (Wildman–Crippen MR) is 154 cm³/mol. The van der Waals surface area contributed by atoms with Crippen LogP contribution >= 0.6 is 22.9 Å². The Morgan fingerprint density at radius 2 is 1.68 bits per heavy atom. The summed E-state index contributed by atoms with van der Waals surface area (Å²) in [6.07, 6.45) is 4.49. The minimum Gasteiger partial charge on any atom is -0.348 e. The zero-order chi connectivity index (χ0) is 26.9. The van der Waals surface area contributed by atoms with E-state index in [0.29, 0.717) is 27.6 Å². The number of hydrogen-bond donors (Lipinski definition) is 2. The molecule has 196 valence electrons. The van der Waals surface area contributed by atoms with Gasteiger partial charge in [-0.25, -0.2) is 8.42 Å². The molecular weight excluding hydrogens is 540 g/mol. The van der Waals surface area contributed by atoms with E-state index in [-0.39, 0.29) is 28.7 Å². The van der Waals surface area contributed by atoms with Crippen LogP contribution in [0.5, 0.6) is 0 Å². The molecule has 0 bridgehead atoms. The number of hydrogen-bond acceptors (Lipinski definition) is 5. The summed E-state index contributed by atoms with van der Waals surface area (Å²) in [6, 6.07) is 21.1. The molecule has 1 fully saturated rings. The maximum atomic E-state index is 13.3. The van der Waals surface area contributed by atoms with E-state index >= 15 is 0 Å². The number of thiophene rings is 1. The minimum absolute atomic E-state index is 0.137. The summed E-state index contributed by atoms with van der Waals surface area (Å²) in [7, 11) is -3.38. The van der Waals surface area contributed by atoms with Crippen LogP contribution in [0.25, 0.3) is 21.2 Å². The molecule has 1 aromatic heterocycles. The number of halogens is 1. The second-order valence-corrected chi connectivity index (χ2v) is 13.1. The van der Waals surface area contributed by atoms with Crippen molar-refractivity contribution in [2.24, 2.45) is 5.92 Å². The van der Waals surface area contributed by atoms with Crippen LogP contribution in [0.15, 0.2) is 77.7 Å². The molecule has 1 saturated carbocycles. The van der Waals surface area contributed by atoms with Crippen molar-refractivity contribution < 1.29 is 18.0 Å². The van der Waals surface area contributed by atoms with Gasteiger partial charge in [0.1, 0.15) is 0 Å². The fraction of sp³-hybridized carbons (Fsp3) is 0.241. The van der Waals surface area contributed by atoms with E-state index in [0.717, 1.165) is 34.9 Å². The molecule has 2 atom stereocenters. The highest BCUT2D eigenvalue weighted by Gasteiger charge is 2.32. The van der Waals surface area contributed by atoms with E-state index in [9.17, 15) is 18.0 Å². The smallest absolute Gasteiger partial charge is 0.261 e. The van der Waals surface area contributed by atoms with Gasteiger partial charge in [0.15, 0.2) is 9.84 Å². The average Bonchev–Trinajstić information content (AvgIpc) is 3.32. The summed E-state index contributed by atoms with van der Waals surface area (Å²) in [6.45, 7) is 0. The Labute approximate surface area is 230 Å². The first-order valence-corrected chi connectivity index (χ1v) is 15.5. The largest absolute Gasteiger partial charge is 0.348 e. The molecule has 0 saturated heterocycles. The Morgan fingerprint density at radius 1 is 0.947 bits per heavy atom. The molecule has 6 nitrogen and oxygen atoms in total. The molecule has 5 rings (SSSR count). The maximum absolute atomic E-state index is 13.3. The number of benzene rings is 3. The molecule has 9 heteroatoms. The Bertz CT molecular complexity index is 1610. The lowest BCUT2D eigenvalue weighted by Crippen LogP contribution is -2.46. The number of carbonyl (C=O) groups is 2. The van der Waals surface area contributed by atoms with Gasteiger partial charge in [-0.2, -0.15) is 0 Å². The van der Waals surface area contributed by atoms with Crippen molar-refractivity contribution in [2.45, 2.75) is 36.6 Å². The topological polar surface area (TPSA) is 92.3 Å². The van der Waals surface area contributed by atoms with Gasteiger partial charge in [-0.15, -0.1) is 11.3 Å². The molecule has 2 amide bonds. The van der Waals surface area contributed by atoms with E-state index in [2.05, 4.69) is 10.6 Å². The van der Waals surface area contributed by atoms with Crippen LogP contribution in [0.3, 0.4) is 0 Å². The zero-order valence-electron chi connectivity index (χ0n) is 20.7. The Kier molecular flexibility index (Phi) is 7.56. The third kappa shape index (κ3) is 5.77. The van der Waals surface area contributed by atoms with E-state index in [1.54, 1.807) is 54.6 Å². The van der Waals surface area contributed by atoms with Gasteiger partial charge in [0.05, 0.1) is 15.7 Å². The van der Waals surface area contributed by atoms with Crippen LogP contribution in [0.1, 0.15) is 35.4 Å². The normalized spacial score (nSPS) is 17.7. The van der Waals surface area contributed by atoms with Gasteiger partial charge in [-0.1, -0.05) is 60.8 Å². The first-order valence-electron chi connectivity index (χ1n) is 12.4. The van der Waals surface area contributed by atoms with Crippen molar-refractivity contribution in [1.29, 1.82) is 0 Å². The van der Waals surface area contributed by atoms with Gasteiger partial charge in [0.2, 0.25) is 5.91 Å². The van der Waals surface area contributed by atoms with E-state index in [1.807, 2.05) is 18.2 Å². The second-order valence-electron chi connectivity index (χ2n) is 9.60. The van der Waals surface area contributed by atoms with Crippen LogP contribution < -0.4 is 10.6 Å². The van der Waals surface area contributed by atoms with Crippen molar-refractivity contribution >= 4 is 60.4 Å². The van der Waals surface area contributed by atoms with Gasteiger partial charge >= 0.3 is 0 Å².